The van der Waals surface area contributed by atoms with Gasteiger partial charge >= 0.3 is 0 Å². The van der Waals surface area contributed by atoms with Crippen LogP contribution in [0, 0.1) is 0 Å². The van der Waals surface area contributed by atoms with Crippen molar-refractivity contribution >= 4 is 27.9 Å². The van der Waals surface area contributed by atoms with Crippen molar-refractivity contribution in [3.63, 3.8) is 0 Å². The van der Waals surface area contributed by atoms with E-state index in [9.17, 15) is 9.90 Å². The summed E-state index contributed by atoms with van der Waals surface area (Å²) in [4.78, 5) is 21.4. The van der Waals surface area contributed by atoms with E-state index in [1.165, 1.54) is 6.21 Å². The Morgan fingerprint density at radius 3 is 2.81 bits per heavy atom. The van der Waals surface area contributed by atoms with Gasteiger partial charge in [-0.25, -0.2) is 0 Å². The second kappa shape index (κ2) is 7.04. The third kappa shape index (κ3) is 4.04. The molecule has 0 aromatic carbocycles. The van der Waals surface area contributed by atoms with Gasteiger partial charge in [0.15, 0.2) is 5.78 Å². The highest BCUT2D eigenvalue weighted by atomic mass is 79.9. The number of allylic oxidation sites excluding steroid dienone is 2. The number of nitrogens with zero attached hydrogens (tertiary/aromatic N) is 2. The number of H-pyrrole nitrogens is 1. The van der Waals surface area contributed by atoms with E-state index in [-0.39, 0.29) is 17.5 Å². The number of aliphatic hydroxyl groups is 1. The molecule has 5 nitrogen and oxygen atoms in total. The van der Waals surface area contributed by atoms with E-state index < -0.39 is 0 Å². The summed E-state index contributed by atoms with van der Waals surface area (Å²) in [5, 5.41) is 10.1. The zero-order valence-electron chi connectivity index (χ0n) is 12.3. The van der Waals surface area contributed by atoms with Crippen molar-refractivity contribution in [1.29, 1.82) is 0 Å². The molecular weight excluding hydrogens is 334 g/mol. The molecule has 21 heavy (non-hydrogen) atoms. The fourth-order valence-electron chi connectivity index (χ4n) is 2.36. The van der Waals surface area contributed by atoms with Gasteiger partial charge in [-0.05, 0) is 35.6 Å². The number of ketones is 1. The number of aliphatic imine (C=N–C) groups is 1. The highest BCUT2D eigenvalue weighted by molar-refractivity contribution is 9.10. The molecule has 6 heteroatoms. The van der Waals surface area contributed by atoms with Crippen LogP contribution in [-0.4, -0.2) is 54.2 Å². The minimum absolute atomic E-state index is 0.0112. The molecule has 2 N–H and O–H groups in total. The van der Waals surface area contributed by atoms with Gasteiger partial charge in [0.1, 0.15) is 5.76 Å². The third-order valence-corrected chi connectivity index (χ3v) is 4.23. The molecule has 114 valence electrons. The summed E-state index contributed by atoms with van der Waals surface area (Å²) in [7, 11) is 3.94. The van der Waals surface area contributed by atoms with E-state index in [0.717, 1.165) is 16.6 Å². The molecular formula is C15H20BrN3O2. The zero-order valence-corrected chi connectivity index (χ0v) is 13.9. The number of hydrogen-bond acceptors (Lipinski definition) is 4. The minimum Gasteiger partial charge on any atom is -0.511 e. The average molecular weight is 354 g/mol. The Morgan fingerprint density at radius 1 is 1.48 bits per heavy atom. The Labute approximate surface area is 132 Å². The normalized spacial score (nSPS) is 20.0. The van der Waals surface area contributed by atoms with Crippen LogP contribution in [0.2, 0.25) is 0 Å². The fourth-order valence-corrected chi connectivity index (χ4v) is 2.93. The molecule has 0 amide bonds. The van der Waals surface area contributed by atoms with Gasteiger partial charge < -0.3 is 15.0 Å². The maximum absolute atomic E-state index is 12.2. The van der Waals surface area contributed by atoms with E-state index in [1.807, 2.05) is 31.4 Å². The molecule has 2 rings (SSSR count). The second-order valence-electron chi connectivity index (χ2n) is 5.49. The van der Waals surface area contributed by atoms with E-state index in [2.05, 4.69) is 25.9 Å². The van der Waals surface area contributed by atoms with Gasteiger partial charge in [-0.1, -0.05) is 0 Å². The Bertz CT molecular complexity index is 575. The number of rotatable bonds is 5. The van der Waals surface area contributed by atoms with Crippen molar-refractivity contribution in [1.82, 2.24) is 9.88 Å². The van der Waals surface area contributed by atoms with Gasteiger partial charge in [0.2, 0.25) is 0 Å². The number of Topliss-reactive ketones (excluding diaryl/α,β-unsaturated/α-hetero) is 1. The molecule has 1 unspecified atom stereocenters. The molecule has 1 aliphatic rings. The van der Waals surface area contributed by atoms with Crippen molar-refractivity contribution in [2.24, 2.45) is 4.99 Å². The summed E-state index contributed by atoms with van der Waals surface area (Å²) in [6.07, 6.45) is 6.08. The predicted molar refractivity (Wildman–Crippen MR) is 87.0 cm³/mol. The topological polar surface area (TPSA) is 68.7 Å². The fraction of sp³-hybridized carbons (Fsp3) is 0.467. The third-order valence-electron chi connectivity index (χ3n) is 3.54. The summed E-state index contributed by atoms with van der Waals surface area (Å²) >= 11 is 3.45. The number of nitrogens with one attached hydrogen (secondary N) is 1. The summed E-state index contributed by atoms with van der Waals surface area (Å²) in [5.41, 5.74) is 1.38. The first-order valence-electron chi connectivity index (χ1n) is 6.91. The largest absolute Gasteiger partial charge is 0.511 e. The number of aromatic amines is 1. The lowest BCUT2D eigenvalue weighted by Crippen LogP contribution is -2.20. The monoisotopic (exact) mass is 353 g/mol. The standard InChI is InChI=1S/C15H20BrN3O2/c1-19(2)4-3-17-8-12-14(20)5-10(6-15(12)21)11-7-18-9-13(11)16/h7-10,18,20H,3-6H2,1-2H3. The van der Waals surface area contributed by atoms with Gasteiger partial charge in [-0.15, -0.1) is 0 Å². The molecule has 1 heterocycles. The van der Waals surface area contributed by atoms with Crippen molar-refractivity contribution < 1.29 is 9.90 Å². The summed E-state index contributed by atoms with van der Waals surface area (Å²) < 4.78 is 0.941. The molecule has 0 saturated heterocycles. The van der Waals surface area contributed by atoms with Crippen LogP contribution < -0.4 is 0 Å². The predicted octanol–water partition coefficient (Wildman–Crippen LogP) is 2.67. The van der Waals surface area contributed by atoms with Crippen molar-refractivity contribution in [2.45, 2.75) is 18.8 Å². The second-order valence-corrected chi connectivity index (χ2v) is 6.34. The molecule has 0 saturated carbocycles. The van der Waals surface area contributed by atoms with Crippen LogP contribution in [0.15, 0.2) is 33.2 Å². The Morgan fingerprint density at radius 2 is 2.24 bits per heavy atom. The first kappa shape index (κ1) is 16.0. The molecule has 1 aliphatic carbocycles. The number of hydrogen-bond donors (Lipinski definition) is 2. The average Bonchev–Trinajstić information content (AvgIpc) is 2.82. The molecule has 1 aromatic heterocycles. The molecule has 1 aromatic rings. The molecule has 0 aliphatic heterocycles. The lowest BCUT2D eigenvalue weighted by atomic mass is 9.84. The molecule has 1 atom stereocenters. The van der Waals surface area contributed by atoms with Crippen molar-refractivity contribution in [3.8, 4) is 0 Å². The van der Waals surface area contributed by atoms with E-state index in [1.54, 1.807) is 0 Å². The maximum Gasteiger partial charge on any atom is 0.168 e. The Balaban J connectivity index is 2.07. The quantitative estimate of drug-likeness (QED) is 0.799. The number of carbonyl (C=O) groups is 1. The van der Waals surface area contributed by atoms with E-state index in [4.69, 9.17) is 0 Å². The first-order valence-corrected chi connectivity index (χ1v) is 7.70. The number of carbonyl (C=O) groups excluding carboxylic acids is 1. The van der Waals surface area contributed by atoms with Crippen LogP contribution in [0.25, 0.3) is 0 Å². The number of halogens is 1. The van der Waals surface area contributed by atoms with E-state index in [0.29, 0.717) is 25.0 Å². The van der Waals surface area contributed by atoms with Crippen LogP contribution in [0.4, 0.5) is 0 Å². The van der Waals surface area contributed by atoms with Gasteiger partial charge in [0.25, 0.3) is 0 Å². The van der Waals surface area contributed by atoms with Crippen LogP contribution in [0.3, 0.4) is 0 Å². The van der Waals surface area contributed by atoms with Gasteiger partial charge in [0.05, 0.1) is 12.1 Å². The van der Waals surface area contributed by atoms with Crippen LogP contribution in [0.5, 0.6) is 0 Å². The molecule has 0 bridgehead atoms. The molecule has 0 fully saturated rings. The van der Waals surface area contributed by atoms with Crippen molar-refractivity contribution in [2.75, 3.05) is 27.2 Å². The van der Waals surface area contributed by atoms with Crippen LogP contribution >= 0.6 is 15.9 Å². The van der Waals surface area contributed by atoms with Gasteiger partial charge in [-0.3, -0.25) is 9.79 Å². The van der Waals surface area contributed by atoms with Gasteiger partial charge in [0, 0.05) is 48.4 Å². The highest BCUT2D eigenvalue weighted by Gasteiger charge is 2.29. The number of likely N-dealkylation sites (N-methyl/N-ethyl adjacent to an activating group) is 1. The SMILES string of the molecule is CN(C)CCN=CC1=C(O)CC(c2c[nH]cc2Br)CC1=O. The Hall–Kier alpha value is -1.40. The molecule has 0 spiro atoms. The molecule has 0 radical (unpaired) electrons. The van der Waals surface area contributed by atoms with Crippen molar-refractivity contribution in [3.05, 3.63) is 33.8 Å². The van der Waals surface area contributed by atoms with Gasteiger partial charge in [-0.2, -0.15) is 0 Å². The van der Waals surface area contributed by atoms with Crippen LogP contribution in [-0.2, 0) is 4.79 Å². The lowest BCUT2D eigenvalue weighted by molar-refractivity contribution is -0.116. The van der Waals surface area contributed by atoms with Crippen LogP contribution in [0.1, 0.15) is 24.3 Å². The highest BCUT2D eigenvalue weighted by Crippen LogP contribution is 2.36. The van der Waals surface area contributed by atoms with E-state index >= 15 is 0 Å². The lowest BCUT2D eigenvalue weighted by Gasteiger charge is -2.21. The zero-order chi connectivity index (χ0) is 15.4. The number of aliphatic hydroxyl groups excluding tert-OH is 1. The summed E-state index contributed by atoms with van der Waals surface area (Å²) in [5.74, 6) is 0.0976. The minimum atomic E-state index is -0.0505. The maximum atomic E-state index is 12.2. The Kier molecular flexibility index (Phi) is 5.36. The summed E-state index contributed by atoms with van der Waals surface area (Å²) in [6.45, 7) is 1.43. The smallest absolute Gasteiger partial charge is 0.168 e. The summed E-state index contributed by atoms with van der Waals surface area (Å²) in [6, 6.07) is 0. The number of aromatic nitrogens is 1. The first-order chi connectivity index (χ1) is 9.99.